The molecule has 0 spiro atoms. The van der Waals surface area contributed by atoms with Gasteiger partial charge in [0, 0.05) is 17.2 Å². The van der Waals surface area contributed by atoms with Gasteiger partial charge in [0.25, 0.3) is 5.91 Å². The Morgan fingerprint density at radius 3 is 2.68 bits per heavy atom. The lowest BCUT2D eigenvalue weighted by atomic mass is 10.1. The molecule has 2 aromatic carbocycles. The summed E-state index contributed by atoms with van der Waals surface area (Å²) in [5.74, 6) is 1.88. The molecule has 1 aromatic heterocycles. The lowest BCUT2D eigenvalue weighted by molar-refractivity contribution is 0.0868. The predicted molar refractivity (Wildman–Crippen MR) is 108 cm³/mol. The minimum absolute atomic E-state index is 0.0420. The summed E-state index contributed by atoms with van der Waals surface area (Å²) in [6, 6.07) is 13.8. The van der Waals surface area contributed by atoms with Gasteiger partial charge in [-0.15, -0.1) is 5.10 Å². The Kier molecular flexibility index (Phi) is 5.09. The van der Waals surface area contributed by atoms with Gasteiger partial charge in [-0.3, -0.25) is 4.79 Å². The zero-order chi connectivity index (χ0) is 19.7. The Morgan fingerprint density at radius 1 is 1.18 bits per heavy atom. The maximum absolute atomic E-state index is 12.7. The molecule has 3 aromatic rings. The lowest BCUT2D eigenvalue weighted by Gasteiger charge is -2.21. The molecule has 4 rings (SSSR count). The highest BCUT2D eigenvalue weighted by Crippen LogP contribution is 2.43. The molecule has 28 heavy (non-hydrogen) atoms. The number of ether oxygens (including phenoxy) is 2. The number of aromatic nitrogens is 3. The Balaban J connectivity index is 1.63. The summed E-state index contributed by atoms with van der Waals surface area (Å²) in [4.78, 5) is 17.3. The van der Waals surface area contributed by atoms with Gasteiger partial charge in [0.15, 0.2) is 22.5 Å². The quantitative estimate of drug-likeness (QED) is 0.632. The van der Waals surface area contributed by atoms with Crippen molar-refractivity contribution >= 4 is 17.7 Å². The molecule has 0 aliphatic carbocycles. The molecule has 0 amide bonds. The predicted octanol–water partition coefficient (Wildman–Crippen LogP) is 4.54. The van der Waals surface area contributed by atoms with Crippen LogP contribution in [-0.2, 0) is 0 Å². The Hall–Kier alpha value is -2.80. The van der Waals surface area contributed by atoms with Gasteiger partial charge in [0.2, 0.25) is 0 Å². The number of hydrogen-bond donors (Lipinski definition) is 0. The summed E-state index contributed by atoms with van der Waals surface area (Å²) in [7, 11) is 1.62. The Morgan fingerprint density at radius 2 is 1.96 bits per heavy atom. The summed E-state index contributed by atoms with van der Waals surface area (Å²) in [6.45, 7) is 4.53. The number of nitrogens with zero attached hydrogens (tertiary/aromatic N) is 3. The van der Waals surface area contributed by atoms with E-state index in [1.807, 2.05) is 56.3 Å². The molecular weight excluding hydrogens is 374 g/mol. The molecule has 7 heteroatoms. The summed E-state index contributed by atoms with van der Waals surface area (Å²) < 4.78 is 12.4. The first-order valence-electron chi connectivity index (χ1n) is 9.13. The van der Waals surface area contributed by atoms with Gasteiger partial charge in [0.1, 0.15) is 0 Å². The van der Waals surface area contributed by atoms with E-state index in [0.717, 1.165) is 11.1 Å². The van der Waals surface area contributed by atoms with Crippen LogP contribution in [0.15, 0.2) is 47.6 Å². The molecule has 6 nitrogen and oxygen atoms in total. The van der Waals surface area contributed by atoms with Crippen molar-refractivity contribution in [3.63, 3.8) is 0 Å². The molecule has 1 atom stereocenters. The van der Waals surface area contributed by atoms with Crippen LogP contribution in [0.25, 0.3) is 11.4 Å². The standard InChI is InChI=1S/C21H21N3O3S/c1-4-27-16-10-9-15(11-17(16)26-3)18-12-19(25)24-21(28-18)22-20(23-24)14-7-5-13(2)6-8-14/h5-11,18H,4,12H2,1-3H3/t18-/m1/s1. The van der Waals surface area contributed by atoms with Crippen LogP contribution in [0, 0.1) is 6.92 Å². The summed E-state index contributed by atoms with van der Waals surface area (Å²) in [5, 5.41) is 5.00. The van der Waals surface area contributed by atoms with Crippen LogP contribution < -0.4 is 9.47 Å². The zero-order valence-corrected chi connectivity index (χ0v) is 16.8. The molecule has 0 N–H and O–H groups in total. The van der Waals surface area contributed by atoms with Crippen molar-refractivity contribution < 1.29 is 14.3 Å². The van der Waals surface area contributed by atoms with Crippen LogP contribution in [0.2, 0.25) is 0 Å². The van der Waals surface area contributed by atoms with E-state index in [9.17, 15) is 4.79 Å². The topological polar surface area (TPSA) is 66.2 Å². The van der Waals surface area contributed by atoms with Gasteiger partial charge in [-0.05, 0) is 31.5 Å². The SMILES string of the molecule is CCOc1ccc([C@H]2CC(=O)n3nc(-c4ccc(C)cc4)nc3S2)cc1OC. The van der Waals surface area contributed by atoms with Gasteiger partial charge in [-0.2, -0.15) is 4.68 Å². The molecule has 0 saturated heterocycles. The second-order valence-corrected chi connectivity index (χ2v) is 7.71. The lowest BCUT2D eigenvalue weighted by Crippen LogP contribution is -2.21. The zero-order valence-electron chi connectivity index (χ0n) is 16.0. The molecule has 1 aliphatic heterocycles. The van der Waals surface area contributed by atoms with Gasteiger partial charge in [-0.25, -0.2) is 4.98 Å². The number of fused-ring (bicyclic) bond motifs is 1. The van der Waals surface area contributed by atoms with Crippen LogP contribution in [0.3, 0.4) is 0 Å². The molecule has 1 aliphatic rings. The fraction of sp³-hybridized carbons (Fsp3) is 0.286. The van der Waals surface area contributed by atoms with Crippen molar-refractivity contribution in [2.45, 2.75) is 30.7 Å². The van der Waals surface area contributed by atoms with E-state index >= 15 is 0 Å². The monoisotopic (exact) mass is 395 g/mol. The van der Waals surface area contributed by atoms with Crippen molar-refractivity contribution in [2.24, 2.45) is 0 Å². The highest BCUT2D eigenvalue weighted by molar-refractivity contribution is 7.99. The van der Waals surface area contributed by atoms with Gasteiger partial charge in [0.05, 0.1) is 13.7 Å². The first-order valence-corrected chi connectivity index (χ1v) is 10.0. The minimum atomic E-state index is -0.0579. The van der Waals surface area contributed by atoms with Crippen LogP contribution in [0.5, 0.6) is 11.5 Å². The maximum atomic E-state index is 12.7. The first kappa shape index (κ1) is 18.6. The van der Waals surface area contributed by atoms with Crippen LogP contribution in [0.1, 0.15) is 34.5 Å². The van der Waals surface area contributed by atoms with Gasteiger partial charge >= 0.3 is 0 Å². The molecule has 0 fully saturated rings. The smallest absolute Gasteiger partial charge is 0.250 e. The Labute approximate surface area is 167 Å². The molecular formula is C21H21N3O3S. The van der Waals surface area contributed by atoms with Crippen molar-refractivity contribution in [3.05, 3.63) is 53.6 Å². The molecule has 0 radical (unpaired) electrons. The Bertz CT molecular complexity index is 1010. The van der Waals surface area contributed by atoms with E-state index in [1.54, 1.807) is 18.9 Å². The van der Waals surface area contributed by atoms with Crippen molar-refractivity contribution in [1.82, 2.24) is 14.8 Å². The van der Waals surface area contributed by atoms with Crippen LogP contribution in [0.4, 0.5) is 0 Å². The van der Waals surface area contributed by atoms with Gasteiger partial charge < -0.3 is 9.47 Å². The molecule has 0 unspecified atom stereocenters. The van der Waals surface area contributed by atoms with E-state index in [0.29, 0.717) is 35.5 Å². The van der Waals surface area contributed by atoms with E-state index in [4.69, 9.17) is 9.47 Å². The van der Waals surface area contributed by atoms with E-state index in [-0.39, 0.29) is 11.2 Å². The highest BCUT2D eigenvalue weighted by Gasteiger charge is 2.30. The molecule has 0 bridgehead atoms. The number of thioether (sulfide) groups is 1. The molecule has 0 saturated carbocycles. The van der Waals surface area contributed by atoms with Crippen LogP contribution in [-0.4, -0.2) is 34.4 Å². The summed E-state index contributed by atoms with van der Waals surface area (Å²) in [5.41, 5.74) is 3.08. The number of methoxy groups -OCH3 is 1. The second-order valence-electron chi connectivity index (χ2n) is 6.54. The van der Waals surface area contributed by atoms with Crippen molar-refractivity contribution in [3.8, 4) is 22.9 Å². The largest absolute Gasteiger partial charge is 0.493 e. The van der Waals surface area contributed by atoms with Crippen LogP contribution >= 0.6 is 11.8 Å². The van der Waals surface area contributed by atoms with E-state index in [1.165, 1.54) is 10.2 Å². The van der Waals surface area contributed by atoms with E-state index in [2.05, 4.69) is 10.1 Å². The number of benzene rings is 2. The summed E-state index contributed by atoms with van der Waals surface area (Å²) in [6.07, 6.45) is 0.353. The molecule has 2 heterocycles. The first-order chi connectivity index (χ1) is 13.6. The van der Waals surface area contributed by atoms with Gasteiger partial charge in [-0.1, -0.05) is 47.7 Å². The fourth-order valence-corrected chi connectivity index (χ4v) is 4.27. The third-order valence-corrected chi connectivity index (χ3v) is 5.79. The maximum Gasteiger partial charge on any atom is 0.250 e. The average Bonchev–Trinajstić information content (AvgIpc) is 3.14. The van der Waals surface area contributed by atoms with Crippen molar-refractivity contribution in [1.29, 1.82) is 0 Å². The number of hydrogen-bond acceptors (Lipinski definition) is 6. The number of carbonyl (C=O) groups is 1. The summed E-state index contributed by atoms with van der Waals surface area (Å²) >= 11 is 1.54. The number of aryl methyl sites for hydroxylation is 1. The minimum Gasteiger partial charge on any atom is -0.493 e. The van der Waals surface area contributed by atoms with Crippen molar-refractivity contribution in [2.75, 3.05) is 13.7 Å². The third kappa shape index (κ3) is 3.49. The molecule has 144 valence electrons. The van der Waals surface area contributed by atoms with E-state index < -0.39 is 0 Å². The normalized spacial score (nSPS) is 16.0. The average molecular weight is 395 g/mol. The fourth-order valence-electron chi connectivity index (χ4n) is 3.12. The highest BCUT2D eigenvalue weighted by atomic mass is 32.2. The number of carbonyl (C=O) groups excluding carboxylic acids is 1. The number of rotatable bonds is 5. The third-order valence-electron chi connectivity index (χ3n) is 4.59. The second kappa shape index (κ2) is 7.67.